The highest BCUT2D eigenvalue weighted by Crippen LogP contribution is 2.19. The van der Waals surface area contributed by atoms with Crippen LogP contribution in [0.4, 0.5) is 10.1 Å². The second-order valence-corrected chi connectivity index (χ2v) is 8.15. The zero-order valence-corrected chi connectivity index (χ0v) is 16.8. The molecule has 0 saturated heterocycles. The molecule has 0 radical (unpaired) electrons. The van der Waals surface area contributed by atoms with Crippen molar-refractivity contribution in [2.75, 3.05) is 24.4 Å². The van der Waals surface area contributed by atoms with Gasteiger partial charge in [0.15, 0.2) is 0 Å². The van der Waals surface area contributed by atoms with Gasteiger partial charge in [0, 0.05) is 24.3 Å². The maximum Gasteiger partial charge on any atom is 0.261 e. The van der Waals surface area contributed by atoms with Crippen LogP contribution in [0.5, 0.6) is 0 Å². The van der Waals surface area contributed by atoms with Crippen LogP contribution in [0.2, 0.25) is 0 Å². The molecule has 2 aromatic carbocycles. The molecule has 6 nitrogen and oxygen atoms in total. The molecular formula is C20H25FN2O4S. The van der Waals surface area contributed by atoms with Gasteiger partial charge in [0.2, 0.25) is 0 Å². The second-order valence-electron chi connectivity index (χ2n) is 6.46. The van der Waals surface area contributed by atoms with Gasteiger partial charge in [-0.05, 0) is 61.4 Å². The van der Waals surface area contributed by atoms with E-state index in [-0.39, 0.29) is 29.5 Å². The van der Waals surface area contributed by atoms with Crippen molar-refractivity contribution in [3.63, 3.8) is 0 Å². The van der Waals surface area contributed by atoms with E-state index in [0.29, 0.717) is 17.8 Å². The molecule has 0 aromatic heterocycles. The first-order valence-electron chi connectivity index (χ1n) is 9.07. The number of carbonyl (C=O) groups is 1. The van der Waals surface area contributed by atoms with E-state index < -0.39 is 15.8 Å². The van der Waals surface area contributed by atoms with Gasteiger partial charge < -0.3 is 10.0 Å². The molecule has 0 fully saturated rings. The van der Waals surface area contributed by atoms with Crippen molar-refractivity contribution in [2.45, 2.75) is 31.6 Å². The topological polar surface area (TPSA) is 86.7 Å². The summed E-state index contributed by atoms with van der Waals surface area (Å²) in [5.74, 6) is -0.691. The molecular weight excluding hydrogens is 383 g/mol. The molecule has 0 bridgehead atoms. The lowest BCUT2D eigenvalue weighted by atomic mass is 10.1. The van der Waals surface area contributed by atoms with Crippen LogP contribution < -0.4 is 4.72 Å². The standard InChI is InChI=1S/C20H25FN2O4S/c1-3-4-11-23(12-13-24)20(25)16-5-7-17(8-6-16)22-28(26,27)18-9-10-19(21)15(2)14-18/h5-10,14,22,24H,3-4,11-13H2,1-2H3. The van der Waals surface area contributed by atoms with Crippen molar-refractivity contribution < 1.29 is 22.7 Å². The minimum Gasteiger partial charge on any atom is -0.395 e. The molecule has 0 saturated carbocycles. The van der Waals surface area contributed by atoms with E-state index in [4.69, 9.17) is 5.11 Å². The Labute approximate surface area is 165 Å². The molecule has 28 heavy (non-hydrogen) atoms. The predicted octanol–water partition coefficient (Wildman–Crippen LogP) is 3.17. The lowest BCUT2D eigenvalue weighted by molar-refractivity contribution is 0.0719. The number of benzene rings is 2. The predicted molar refractivity (Wildman–Crippen MR) is 106 cm³/mol. The number of aliphatic hydroxyl groups is 1. The van der Waals surface area contributed by atoms with Crippen molar-refractivity contribution in [1.29, 1.82) is 0 Å². The molecule has 8 heteroatoms. The fraction of sp³-hybridized carbons (Fsp3) is 0.350. The highest BCUT2D eigenvalue weighted by molar-refractivity contribution is 7.92. The Kier molecular flexibility index (Phi) is 7.53. The number of hydrogen-bond acceptors (Lipinski definition) is 4. The molecule has 2 rings (SSSR count). The molecule has 0 unspecified atom stereocenters. The third kappa shape index (κ3) is 5.53. The first-order chi connectivity index (χ1) is 13.3. The minimum absolute atomic E-state index is 0.0414. The van der Waals surface area contributed by atoms with Gasteiger partial charge in [-0.3, -0.25) is 9.52 Å². The van der Waals surface area contributed by atoms with Crippen LogP contribution in [-0.4, -0.2) is 44.0 Å². The molecule has 2 aromatic rings. The number of halogens is 1. The Bertz CT molecular complexity index is 914. The average Bonchev–Trinajstić information content (AvgIpc) is 2.67. The van der Waals surface area contributed by atoms with Crippen molar-refractivity contribution in [3.8, 4) is 0 Å². The minimum atomic E-state index is -3.87. The van der Waals surface area contributed by atoms with E-state index in [1.165, 1.54) is 43.3 Å². The Morgan fingerprint density at radius 2 is 1.82 bits per heavy atom. The van der Waals surface area contributed by atoms with Gasteiger partial charge in [-0.1, -0.05) is 13.3 Å². The lowest BCUT2D eigenvalue weighted by Crippen LogP contribution is -2.34. The van der Waals surface area contributed by atoms with E-state index in [1.54, 1.807) is 4.90 Å². The molecule has 0 aliphatic carbocycles. The van der Waals surface area contributed by atoms with Crippen LogP contribution in [0.3, 0.4) is 0 Å². The summed E-state index contributed by atoms with van der Waals surface area (Å²) in [4.78, 5) is 14.1. The highest BCUT2D eigenvalue weighted by atomic mass is 32.2. The fourth-order valence-electron chi connectivity index (χ4n) is 2.65. The molecule has 152 valence electrons. The van der Waals surface area contributed by atoms with Crippen LogP contribution in [0.25, 0.3) is 0 Å². The van der Waals surface area contributed by atoms with Gasteiger partial charge in [0.1, 0.15) is 5.82 Å². The van der Waals surface area contributed by atoms with Crippen molar-refractivity contribution in [2.24, 2.45) is 0 Å². The molecule has 0 spiro atoms. The van der Waals surface area contributed by atoms with Crippen LogP contribution in [0, 0.1) is 12.7 Å². The van der Waals surface area contributed by atoms with Gasteiger partial charge in [0.05, 0.1) is 11.5 Å². The van der Waals surface area contributed by atoms with E-state index in [9.17, 15) is 17.6 Å². The van der Waals surface area contributed by atoms with Gasteiger partial charge in [-0.2, -0.15) is 0 Å². The van der Waals surface area contributed by atoms with Crippen molar-refractivity contribution in [3.05, 3.63) is 59.4 Å². The number of unbranched alkanes of at least 4 members (excludes halogenated alkanes) is 1. The van der Waals surface area contributed by atoms with Crippen LogP contribution >= 0.6 is 0 Å². The zero-order chi connectivity index (χ0) is 20.7. The number of carbonyl (C=O) groups excluding carboxylic acids is 1. The number of nitrogens with one attached hydrogen (secondary N) is 1. The number of aryl methyl sites for hydroxylation is 1. The Morgan fingerprint density at radius 3 is 2.39 bits per heavy atom. The zero-order valence-electron chi connectivity index (χ0n) is 16.0. The number of amides is 1. The van der Waals surface area contributed by atoms with Crippen molar-refractivity contribution >= 4 is 21.6 Å². The van der Waals surface area contributed by atoms with Crippen LogP contribution in [0.15, 0.2) is 47.4 Å². The summed E-state index contributed by atoms with van der Waals surface area (Å²) in [5.41, 5.74) is 0.936. The quantitative estimate of drug-likeness (QED) is 0.667. The monoisotopic (exact) mass is 408 g/mol. The lowest BCUT2D eigenvalue weighted by Gasteiger charge is -2.21. The summed E-state index contributed by atoms with van der Waals surface area (Å²) in [5, 5.41) is 9.15. The summed E-state index contributed by atoms with van der Waals surface area (Å²) in [6, 6.07) is 9.63. The van der Waals surface area contributed by atoms with Gasteiger partial charge in [-0.25, -0.2) is 12.8 Å². The van der Waals surface area contributed by atoms with E-state index >= 15 is 0 Å². The van der Waals surface area contributed by atoms with Crippen LogP contribution in [0.1, 0.15) is 35.7 Å². The smallest absolute Gasteiger partial charge is 0.261 e. The highest BCUT2D eigenvalue weighted by Gasteiger charge is 2.17. The average molecular weight is 408 g/mol. The largest absolute Gasteiger partial charge is 0.395 e. The summed E-state index contributed by atoms with van der Waals surface area (Å²) < 4.78 is 40.7. The van der Waals surface area contributed by atoms with Crippen molar-refractivity contribution in [1.82, 2.24) is 4.90 Å². The molecule has 0 aliphatic heterocycles. The summed E-state index contributed by atoms with van der Waals surface area (Å²) in [6.07, 6.45) is 1.76. The van der Waals surface area contributed by atoms with E-state index in [2.05, 4.69) is 4.72 Å². The summed E-state index contributed by atoms with van der Waals surface area (Å²) >= 11 is 0. The normalized spacial score (nSPS) is 11.3. The molecule has 1 amide bonds. The van der Waals surface area contributed by atoms with Gasteiger partial charge >= 0.3 is 0 Å². The maximum atomic E-state index is 13.4. The number of anilines is 1. The van der Waals surface area contributed by atoms with Gasteiger partial charge in [-0.15, -0.1) is 0 Å². The molecule has 0 aliphatic rings. The second kappa shape index (κ2) is 9.66. The maximum absolute atomic E-state index is 13.4. The fourth-order valence-corrected chi connectivity index (χ4v) is 3.79. The number of aliphatic hydroxyl groups excluding tert-OH is 1. The summed E-state index contributed by atoms with van der Waals surface area (Å²) in [7, 11) is -3.87. The molecule has 0 atom stereocenters. The number of rotatable bonds is 9. The number of sulfonamides is 1. The first kappa shape index (κ1) is 21.8. The van der Waals surface area contributed by atoms with E-state index in [0.717, 1.165) is 18.9 Å². The Hall–Kier alpha value is -2.45. The van der Waals surface area contributed by atoms with Crippen LogP contribution in [-0.2, 0) is 10.0 Å². The van der Waals surface area contributed by atoms with E-state index in [1.807, 2.05) is 6.92 Å². The first-order valence-corrected chi connectivity index (χ1v) is 10.6. The van der Waals surface area contributed by atoms with Gasteiger partial charge in [0.25, 0.3) is 15.9 Å². The Morgan fingerprint density at radius 1 is 1.14 bits per heavy atom. The Balaban J connectivity index is 2.14. The molecule has 2 N–H and O–H groups in total. The summed E-state index contributed by atoms with van der Waals surface area (Å²) in [6.45, 7) is 4.19. The number of hydrogen-bond donors (Lipinski definition) is 2. The third-order valence-corrected chi connectivity index (χ3v) is 5.64. The molecule has 0 heterocycles. The number of nitrogens with zero attached hydrogens (tertiary/aromatic N) is 1. The SMILES string of the molecule is CCCCN(CCO)C(=O)c1ccc(NS(=O)(=O)c2ccc(F)c(C)c2)cc1. The third-order valence-electron chi connectivity index (χ3n) is 4.26.